The molecule has 0 aliphatic rings. The maximum absolute atomic E-state index is 7.05. The number of benzene rings is 8. The zero-order chi connectivity index (χ0) is 31.2. The summed E-state index contributed by atoms with van der Waals surface area (Å²) < 4.78 is 7.05. The average Bonchev–Trinajstić information content (AvgIpc) is 3.15. The molecule has 2 nitrogen and oxygen atoms in total. The Morgan fingerprint density at radius 2 is 0.936 bits per heavy atom. The minimum absolute atomic E-state index is 0.789. The van der Waals surface area contributed by atoms with Crippen LogP contribution in [0.5, 0.6) is 11.5 Å². The smallest absolute Gasteiger partial charge is 0.143 e. The lowest BCUT2D eigenvalue weighted by Gasteiger charge is -2.20. The van der Waals surface area contributed by atoms with Crippen molar-refractivity contribution in [2.24, 2.45) is 0 Å². The van der Waals surface area contributed by atoms with Crippen molar-refractivity contribution < 1.29 is 4.74 Å². The van der Waals surface area contributed by atoms with Gasteiger partial charge in [0.1, 0.15) is 11.5 Å². The van der Waals surface area contributed by atoms with Crippen molar-refractivity contribution in [3.63, 3.8) is 0 Å². The third-order valence-electron chi connectivity index (χ3n) is 9.15. The molecule has 1 aromatic heterocycles. The average molecular weight is 600 g/mol. The highest BCUT2D eigenvalue weighted by molar-refractivity contribution is 6.23. The van der Waals surface area contributed by atoms with E-state index in [-0.39, 0.29) is 0 Å². The molecule has 0 fully saturated rings. The largest absolute Gasteiger partial charge is 0.456 e. The summed E-state index contributed by atoms with van der Waals surface area (Å²) in [6.07, 6.45) is 3.85. The summed E-state index contributed by atoms with van der Waals surface area (Å²) >= 11 is 0. The zero-order valence-corrected chi connectivity index (χ0v) is 25.6. The lowest BCUT2D eigenvalue weighted by molar-refractivity contribution is 0.494. The van der Waals surface area contributed by atoms with Gasteiger partial charge in [-0.3, -0.25) is 4.98 Å². The highest BCUT2D eigenvalue weighted by Gasteiger charge is 2.20. The van der Waals surface area contributed by atoms with Gasteiger partial charge in [-0.2, -0.15) is 0 Å². The molecule has 0 amide bonds. The molecule has 2 heteroatoms. The van der Waals surface area contributed by atoms with Gasteiger partial charge in [0.05, 0.1) is 0 Å². The van der Waals surface area contributed by atoms with Crippen molar-refractivity contribution in [2.75, 3.05) is 0 Å². The van der Waals surface area contributed by atoms with E-state index in [4.69, 9.17) is 4.74 Å². The predicted molar refractivity (Wildman–Crippen MR) is 197 cm³/mol. The highest BCUT2D eigenvalue weighted by Crippen LogP contribution is 2.47. The molecule has 1 heterocycles. The third-order valence-corrected chi connectivity index (χ3v) is 9.15. The Labute approximate surface area is 273 Å². The van der Waals surface area contributed by atoms with Gasteiger partial charge in [-0.25, -0.2) is 0 Å². The summed E-state index contributed by atoms with van der Waals surface area (Å²) in [6, 6.07) is 57.9. The van der Waals surface area contributed by atoms with E-state index >= 15 is 0 Å². The quantitative estimate of drug-likeness (QED) is 0.145. The molecule has 0 bridgehead atoms. The molecule has 0 unspecified atom stereocenters. The number of rotatable bonds is 5. The van der Waals surface area contributed by atoms with Crippen LogP contribution in [0.1, 0.15) is 0 Å². The van der Waals surface area contributed by atoms with Gasteiger partial charge < -0.3 is 4.74 Å². The molecule has 220 valence electrons. The number of fused-ring (bicyclic) bond motifs is 5. The topological polar surface area (TPSA) is 22.1 Å². The molecule has 0 N–H and O–H groups in total. The van der Waals surface area contributed by atoms with Crippen molar-refractivity contribution in [3.8, 4) is 44.9 Å². The SMILES string of the molecule is c1ccc(-c2cc(Oc3c4ccccc4c(-c4cc5ccccc5c5ccccc45)c4cnccc34)cc(-c3ccccc3)c2)cc1. The molecule has 0 saturated heterocycles. The second-order valence-electron chi connectivity index (χ2n) is 11.9. The van der Waals surface area contributed by atoms with E-state index in [1.807, 2.05) is 12.4 Å². The first-order chi connectivity index (χ1) is 23.3. The summed E-state index contributed by atoms with van der Waals surface area (Å²) in [5.41, 5.74) is 6.87. The van der Waals surface area contributed by atoms with Gasteiger partial charge in [0.2, 0.25) is 0 Å². The number of pyridine rings is 1. The maximum atomic E-state index is 7.05. The first kappa shape index (κ1) is 27.1. The van der Waals surface area contributed by atoms with Crippen LogP contribution in [-0.2, 0) is 0 Å². The second kappa shape index (κ2) is 11.3. The summed E-state index contributed by atoms with van der Waals surface area (Å²) in [5.74, 6) is 1.62. The lowest BCUT2D eigenvalue weighted by Crippen LogP contribution is -1.94. The van der Waals surface area contributed by atoms with Crippen LogP contribution >= 0.6 is 0 Å². The fourth-order valence-corrected chi connectivity index (χ4v) is 7.01. The van der Waals surface area contributed by atoms with Crippen LogP contribution in [0.4, 0.5) is 0 Å². The Morgan fingerprint density at radius 1 is 0.383 bits per heavy atom. The number of aromatic nitrogens is 1. The van der Waals surface area contributed by atoms with Gasteiger partial charge in [0, 0.05) is 28.6 Å². The van der Waals surface area contributed by atoms with Crippen molar-refractivity contribution >= 4 is 43.1 Å². The maximum Gasteiger partial charge on any atom is 0.143 e. The van der Waals surface area contributed by atoms with E-state index in [9.17, 15) is 0 Å². The van der Waals surface area contributed by atoms with Gasteiger partial charge in [-0.15, -0.1) is 0 Å². The molecular weight excluding hydrogens is 571 g/mol. The van der Waals surface area contributed by atoms with E-state index in [1.54, 1.807) is 0 Å². The van der Waals surface area contributed by atoms with Gasteiger partial charge in [0.15, 0.2) is 0 Å². The monoisotopic (exact) mass is 599 g/mol. The van der Waals surface area contributed by atoms with Gasteiger partial charge in [-0.05, 0) is 90.6 Å². The normalized spacial score (nSPS) is 11.4. The van der Waals surface area contributed by atoms with Crippen LogP contribution in [0, 0.1) is 0 Å². The molecule has 9 aromatic rings. The van der Waals surface area contributed by atoms with E-state index in [1.165, 1.54) is 32.7 Å². The highest BCUT2D eigenvalue weighted by atomic mass is 16.5. The first-order valence-electron chi connectivity index (χ1n) is 15.9. The molecular formula is C45H29NO. The molecule has 8 aromatic carbocycles. The molecule has 0 spiro atoms. The molecule has 0 atom stereocenters. The Bertz CT molecular complexity index is 2480. The minimum atomic E-state index is 0.789. The molecule has 0 saturated carbocycles. The third kappa shape index (κ3) is 4.70. The molecule has 0 aliphatic heterocycles. The summed E-state index contributed by atoms with van der Waals surface area (Å²) in [4.78, 5) is 4.65. The van der Waals surface area contributed by atoms with Crippen LogP contribution in [0.25, 0.3) is 76.5 Å². The van der Waals surface area contributed by atoms with Crippen LogP contribution < -0.4 is 4.74 Å². The van der Waals surface area contributed by atoms with E-state index < -0.39 is 0 Å². The Morgan fingerprint density at radius 3 is 1.64 bits per heavy atom. The number of hydrogen-bond acceptors (Lipinski definition) is 2. The van der Waals surface area contributed by atoms with Crippen LogP contribution in [-0.4, -0.2) is 4.98 Å². The Hall–Kier alpha value is -6.25. The predicted octanol–water partition coefficient (Wildman–Crippen LogP) is 12.5. The summed E-state index contributed by atoms with van der Waals surface area (Å²) in [6.45, 7) is 0. The number of hydrogen-bond donors (Lipinski definition) is 0. The Kier molecular flexibility index (Phi) is 6.50. The molecule has 0 aliphatic carbocycles. The van der Waals surface area contributed by atoms with E-state index in [2.05, 4.69) is 169 Å². The van der Waals surface area contributed by atoms with Crippen LogP contribution in [0.3, 0.4) is 0 Å². The van der Waals surface area contributed by atoms with Crippen molar-refractivity contribution in [2.45, 2.75) is 0 Å². The van der Waals surface area contributed by atoms with Crippen molar-refractivity contribution in [1.29, 1.82) is 0 Å². The molecule has 0 radical (unpaired) electrons. The molecule has 9 rings (SSSR count). The van der Waals surface area contributed by atoms with Gasteiger partial charge >= 0.3 is 0 Å². The number of nitrogens with zero attached hydrogens (tertiary/aromatic N) is 1. The molecule has 47 heavy (non-hydrogen) atoms. The minimum Gasteiger partial charge on any atom is -0.456 e. The summed E-state index contributed by atoms with van der Waals surface area (Å²) in [5, 5.41) is 9.21. The fraction of sp³-hybridized carbons (Fsp3) is 0. The van der Waals surface area contributed by atoms with Crippen LogP contribution in [0.15, 0.2) is 176 Å². The fourth-order valence-electron chi connectivity index (χ4n) is 7.01. The standard InChI is InChI=1S/C45H29NO/c1-3-13-30(14-4-1)33-25-34(31-15-5-2-6-16-31)27-35(26-33)47-45-40-22-12-11-21-39(40)44(43-29-46-24-23-41(43)45)42-28-32-17-7-8-18-36(32)37-19-9-10-20-38(37)42/h1-29H. The second-order valence-corrected chi connectivity index (χ2v) is 11.9. The van der Waals surface area contributed by atoms with Crippen molar-refractivity contribution in [1.82, 2.24) is 4.98 Å². The van der Waals surface area contributed by atoms with E-state index in [0.29, 0.717) is 0 Å². The van der Waals surface area contributed by atoms with Crippen molar-refractivity contribution in [3.05, 3.63) is 176 Å². The summed E-state index contributed by atoms with van der Waals surface area (Å²) in [7, 11) is 0. The van der Waals surface area contributed by atoms with E-state index in [0.717, 1.165) is 55.3 Å². The van der Waals surface area contributed by atoms with Gasteiger partial charge in [-0.1, -0.05) is 133 Å². The van der Waals surface area contributed by atoms with Gasteiger partial charge in [0.25, 0.3) is 0 Å². The number of ether oxygens (including phenoxy) is 1. The zero-order valence-electron chi connectivity index (χ0n) is 25.6. The van der Waals surface area contributed by atoms with Crippen LogP contribution in [0.2, 0.25) is 0 Å². The lowest BCUT2D eigenvalue weighted by atomic mass is 9.87. The Balaban J connectivity index is 1.31. The first-order valence-corrected chi connectivity index (χ1v) is 15.9.